The molecule has 34 heavy (non-hydrogen) atoms. The van der Waals surface area contributed by atoms with Crippen LogP contribution in [0, 0.1) is 0 Å². The smallest absolute Gasteiger partial charge is 0.254 e. The third kappa shape index (κ3) is 4.10. The van der Waals surface area contributed by atoms with Crippen LogP contribution in [0.2, 0.25) is 0 Å². The summed E-state index contributed by atoms with van der Waals surface area (Å²) >= 11 is 0. The van der Waals surface area contributed by atoms with Gasteiger partial charge in [-0.15, -0.1) is 0 Å². The van der Waals surface area contributed by atoms with Crippen molar-refractivity contribution in [3.63, 3.8) is 0 Å². The number of benzene rings is 3. The predicted molar refractivity (Wildman–Crippen MR) is 127 cm³/mol. The molecule has 1 N–H and O–H groups in total. The lowest BCUT2D eigenvalue weighted by Gasteiger charge is -2.35. The van der Waals surface area contributed by atoms with E-state index in [9.17, 15) is 19.2 Å². The van der Waals surface area contributed by atoms with Gasteiger partial charge in [0.25, 0.3) is 11.8 Å². The molecule has 172 valence electrons. The van der Waals surface area contributed by atoms with E-state index >= 15 is 0 Å². The summed E-state index contributed by atoms with van der Waals surface area (Å²) in [5.41, 5.74) is 4.23. The van der Waals surface area contributed by atoms with E-state index in [0.29, 0.717) is 43.0 Å². The van der Waals surface area contributed by atoms with Gasteiger partial charge in [-0.2, -0.15) is 0 Å². The molecule has 2 fully saturated rings. The summed E-state index contributed by atoms with van der Waals surface area (Å²) in [6.45, 7) is 1.80. The third-order valence-corrected chi connectivity index (χ3v) is 6.30. The molecule has 0 saturated carbocycles. The maximum absolute atomic E-state index is 13.2. The second-order valence-corrected chi connectivity index (χ2v) is 8.42. The minimum absolute atomic E-state index is 0.0264. The van der Waals surface area contributed by atoms with E-state index in [1.54, 1.807) is 34.1 Å². The highest BCUT2D eigenvalue weighted by Crippen LogP contribution is 2.22. The van der Waals surface area contributed by atoms with Gasteiger partial charge in [0.1, 0.15) is 0 Å². The molecular weight excluding hydrogens is 432 g/mol. The van der Waals surface area contributed by atoms with Crippen LogP contribution in [0.15, 0.2) is 66.7 Å². The summed E-state index contributed by atoms with van der Waals surface area (Å²) in [6, 6.07) is 20.2. The molecule has 0 atom stereocenters. The lowest BCUT2D eigenvalue weighted by atomic mass is 10.0. The summed E-state index contributed by atoms with van der Waals surface area (Å²) in [5, 5.41) is 3.17. The fourth-order valence-electron chi connectivity index (χ4n) is 4.41. The van der Waals surface area contributed by atoms with Crippen LogP contribution in [-0.4, -0.2) is 59.6 Å². The molecule has 2 saturated heterocycles. The van der Waals surface area contributed by atoms with E-state index in [2.05, 4.69) is 5.43 Å². The summed E-state index contributed by atoms with van der Waals surface area (Å²) in [5.74, 6) is -0.555. The zero-order valence-electron chi connectivity index (χ0n) is 18.6. The monoisotopic (exact) mass is 456 g/mol. The Hall–Kier alpha value is -4.20. The van der Waals surface area contributed by atoms with Crippen LogP contribution >= 0.6 is 0 Å². The van der Waals surface area contributed by atoms with Gasteiger partial charge in [-0.1, -0.05) is 36.4 Å². The number of carbonyl (C=O) groups is 4. The van der Waals surface area contributed by atoms with Gasteiger partial charge in [0.15, 0.2) is 0 Å². The topological polar surface area (TPSA) is 90.0 Å². The first-order chi connectivity index (χ1) is 16.5. The number of hydrogen-bond donors (Lipinski definition) is 1. The van der Waals surface area contributed by atoms with Crippen LogP contribution in [0.3, 0.4) is 0 Å². The fraction of sp³-hybridized carbons (Fsp3) is 0.231. The van der Waals surface area contributed by atoms with Crippen LogP contribution in [0.1, 0.15) is 33.6 Å². The normalized spacial score (nSPS) is 16.5. The molecule has 2 aliphatic rings. The molecule has 0 aromatic heterocycles. The molecule has 2 aliphatic heterocycles. The Morgan fingerprint density at radius 3 is 2.09 bits per heavy atom. The minimum Gasteiger partial charge on any atom is -0.335 e. The Morgan fingerprint density at radius 1 is 0.706 bits per heavy atom. The van der Waals surface area contributed by atoms with Gasteiger partial charge < -0.3 is 9.80 Å². The number of piperazine rings is 1. The van der Waals surface area contributed by atoms with E-state index in [1.807, 2.05) is 42.5 Å². The molecule has 5 rings (SSSR count). The van der Waals surface area contributed by atoms with Crippen LogP contribution in [0.4, 0.5) is 5.69 Å². The van der Waals surface area contributed by atoms with E-state index in [4.69, 9.17) is 0 Å². The van der Waals surface area contributed by atoms with Crippen molar-refractivity contribution in [2.75, 3.05) is 31.2 Å². The van der Waals surface area contributed by atoms with E-state index in [1.165, 1.54) is 5.01 Å². The number of carbonyl (C=O) groups excluding carboxylic acids is 4. The van der Waals surface area contributed by atoms with Gasteiger partial charge in [-0.3, -0.25) is 24.6 Å². The standard InChI is InChI=1S/C26H24N4O4/c31-23-12-13-24(32)30(27-23)20-10-8-19(9-11-20)25(33)28-14-16-29(17-15-28)26(34)22-7-3-5-18-4-1-2-6-21(18)22/h1-11H,12-17H2,(H,27,31). The fourth-order valence-corrected chi connectivity index (χ4v) is 4.41. The molecular formula is C26H24N4O4. The number of nitrogens with one attached hydrogen (secondary N) is 1. The van der Waals surface area contributed by atoms with Gasteiger partial charge in [-0.25, -0.2) is 5.01 Å². The average Bonchev–Trinajstić information content (AvgIpc) is 2.89. The SMILES string of the molecule is O=C1CCC(=O)N(c2ccc(C(=O)N3CCN(C(=O)c4cccc5ccccc45)CC3)cc2)N1. The number of nitrogens with zero attached hydrogens (tertiary/aromatic N) is 3. The summed E-state index contributed by atoms with van der Waals surface area (Å²) in [6.07, 6.45) is 0.342. The largest absolute Gasteiger partial charge is 0.335 e. The Kier molecular flexibility index (Phi) is 5.71. The molecule has 4 amide bonds. The van der Waals surface area contributed by atoms with Gasteiger partial charge in [0.2, 0.25) is 11.8 Å². The Balaban J connectivity index is 1.23. The van der Waals surface area contributed by atoms with Crippen molar-refractivity contribution in [2.24, 2.45) is 0 Å². The average molecular weight is 457 g/mol. The highest BCUT2D eigenvalue weighted by molar-refractivity contribution is 6.07. The van der Waals surface area contributed by atoms with Crippen LogP contribution < -0.4 is 10.4 Å². The molecule has 0 bridgehead atoms. The second-order valence-electron chi connectivity index (χ2n) is 8.42. The Labute approximate surface area is 196 Å². The van der Waals surface area contributed by atoms with Gasteiger partial charge >= 0.3 is 0 Å². The Morgan fingerprint density at radius 2 is 1.35 bits per heavy atom. The molecule has 2 heterocycles. The van der Waals surface area contributed by atoms with Crippen molar-refractivity contribution in [3.05, 3.63) is 77.9 Å². The highest BCUT2D eigenvalue weighted by atomic mass is 16.2. The highest BCUT2D eigenvalue weighted by Gasteiger charge is 2.27. The lowest BCUT2D eigenvalue weighted by Crippen LogP contribution is -2.51. The van der Waals surface area contributed by atoms with Gasteiger partial charge in [0.05, 0.1) is 5.69 Å². The number of anilines is 1. The first-order valence-electron chi connectivity index (χ1n) is 11.3. The van der Waals surface area contributed by atoms with Gasteiger partial charge in [-0.05, 0) is 41.1 Å². The van der Waals surface area contributed by atoms with Crippen molar-refractivity contribution in [1.29, 1.82) is 0 Å². The molecule has 0 spiro atoms. The number of rotatable bonds is 3. The maximum atomic E-state index is 13.2. The molecule has 0 radical (unpaired) electrons. The second kappa shape index (κ2) is 8.97. The van der Waals surface area contributed by atoms with Crippen molar-refractivity contribution < 1.29 is 19.2 Å². The minimum atomic E-state index is -0.212. The quantitative estimate of drug-likeness (QED) is 0.656. The van der Waals surface area contributed by atoms with E-state index < -0.39 is 0 Å². The number of hydrogen-bond acceptors (Lipinski definition) is 4. The van der Waals surface area contributed by atoms with Crippen molar-refractivity contribution in [2.45, 2.75) is 12.8 Å². The number of fused-ring (bicyclic) bond motifs is 1. The summed E-state index contributed by atoms with van der Waals surface area (Å²) in [7, 11) is 0. The molecule has 3 aromatic carbocycles. The molecule has 3 aromatic rings. The molecule has 8 nitrogen and oxygen atoms in total. The van der Waals surface area contributed by atoms with Crippen LogP contribution in [0.5, 0.6) is 0 Å². The molecule has 0 unspecified atom stereocenters. The molecule has 8 heteroatoms. The van der Waals surface area contributed by atoms with Crippen molar-refractivity contribution in [1.82, 2.24) is 15.2 Å². The van der Waals surface area contributed by atoms with E-state index in [-0.39, 0.29) is 36.5 Å². The molecule has 0 aliphatic carbocycles. The lowest BCUT2D eigenvalue weighted by molar-refractivity contribution is -0.130. The first kappa shape index (κ1) is 21.6. The van der Waals surface area contributed by atoms with Crippen LogP contribution in [0.25, 0.3) is 10.8 Å². The predicted octanol–water partition coefficient (Wildman–Crippen LogP) is 2.60. The van der Waals surface area contributed by atoms with Gasteiger partial charge in [0, 0.05) is 50.1 Å². The summed E-state index contributed by atoms with van der Waals surface area (Å²) in [4.78, 5) is 53.4. The zero-order valence-corrected chi connectivity index (χ0v) is 18.6. The third-order valence-electron chi connectivity index (χ3n) is 6.30. The van der Waals surface area contributed by atoms with Crippen molar-refractivity contribution in [3.8, 4) is 0 Å². The number of hydrazine groups is 1. The zero-order chi connectivity index (χ0) is 23.7. The maximum Gasteiger partial charge on any atom is 0.254 e. The van der Waals surface area contributed by atoms with Crippen LogP contribution in [-0.2, 0) is 9.59 Å². The number of amides is 4. The van der Waals surface area contributed by atoms with Crippen molar-refractivity contribution >= 4 is 40.1 Å². The Bertz CT molecular complexity index is 1270. The summed E-state index contributed by atoms with van der Waals surface area (Å²) < 4.78 is 0. The first-order valence-corrected chi connectivity index (χ1v) is 11.3. The van der Waals surface area contributed by atoms with E-state index in [0.717, 1.165) is 10.8 Å².